The van der Waals surface area contributed by atoms with Crippen molar-refractivity contribution >= 4 is 10.2 Å². The standard InChI is InChI=1S/C17H25N5O3S/c1-11-10-14(19-17(18-11)16-12(2)20-25-13(16)3)15-8-6-7-9-22(15)26(23,24)21(4)5/h10,15H,6-9H2,1-5H3. The van der Waals surface area contributed by atoms with Gasteiger partial charge in [-0.2, -0.15) is 17.0 Å². The first kappa shape index (κ1) is 18.9. The first-order chi connectivity index (χ1) is 12.2. The highest BCUT2D eigenvalue weighted by Crippen LogP contribution is 2.34. The number of hydrogen-bond acceptors (Lipinski definition) is 6. The smallest absolute Gasteiger partial charge is 0.282 e. The quantitative estimate of drug-likeness (QED) is 0.810. The van der Waals surface area contributed by atoms with Crippen molar-refractivity contribution in [2.45, 2.75) is 46.1 Å². The Morgan fingerprint density at radius 3 is 2.54 bits per heavy atom. The Morgan fingerprint density at radius 2 is 1.92 bits per heavy atom. The van der Waals surface area contributed by atoms with Gasteiger partial charge in [0, 0.05) is 26.3 Å². The molecule has 26 heavy (non-hydrogen) atoms. The van der Waals surface area contributed by atoms with E-state index in [0.29, 0.717) is 18.1 Å². The van der Waals surface area contributed by atoms with Crippen LogP contribution >= 0.6 is 0 Å². The zero-order valence-corrected chi connectivity index (χ0v) is 16.7. The minimum Gasteiger partial charge on any atom is -0.361 e. The molecule has 0 saturated carbocycles. The summed E-state index contributed by atoms with van der Waals surface area (Å²) in [6, 6.07) is 1.58. The highest BCUT2D eigenvalue weighted by atomic mass is 32.2. The molecule has 1 fully saturated rings. The minimum atomic E-state index is -3.52. The lowest BCUT2D eigenvalue weighted by molar-refractivity contribution is 0.238. The van der Waals surface area contributed by atoms with Crippen LogP contribution in [0.1, 0.15) is 48.1 Å². The van der Waals surface area contributed by atoms with Crippen molar-refractivity contribution in [3.8, 4) is 11.4 Å². The van der Waals surface area contributed by atoms with Crippen LogP contribution in [0, 0.1) is 20.8 Å². The lowest BCUT2D eigenvalue weighted by Crippen LogP contribution is -2.44. The molecule has 0 bridgehead atoms. The third kappa shape index (κ3) is 3.38. The Balaban J connectivity index is 2.08. The van der Waals surface area contributed by atoms with Gasteiger partial charge in [-0.15, -0.1) is 0 Å². The van der Waals surface area contributed by atoms with E-state index in [-0.39, 0.29) is 6.04 Å². The normalized spacial score (nSPS) is 19.2. The van der Waals surface area contributed by atoms with Crippen LogP contribution in [-0.4, -0.2) is 52.8 Å². The zero-order chi connectivity index (χ0) is 19.1. The number of aryl methyl sites for hydroxylation is 3. The van der Waals surface area contributed by atoms with Gasteiger partial charge in [0.25, 0.3) is 10.2 Å². The number of nitrogens with zero attached hydrogens (tertiary/aromatic N) is 5. The van der Waals surface area contributed by atoms with Crippen LogP contribution in [0.15, 0.2) is 10.6 Å². The molecule has 0 aliphatic carbocycles. The summed E-state index contributed by atoms with van der Waals surface area (Å²) in [4.78, 5) is 9.23. The van der Waals surface area contributed by atoms with Gasteiger partial charge in [-0.3, -0.25) is 0 Å². The SMILES string of the molecule is Cc1cc(C2CCCCN2S(=O)(=O)N(C)C)nc(-c2c(C)noc2C)n1. The Hall–Kier alpha value is -1.84. The van der Waals surface area contributed by atoms with Gasteiger partial charge < -0.3 is 4.52 Å². The zero-order valence-electron chi connectivity index (χ0n) is 15.9. The minimum absolute atomic E-state index is 0.294. The van der Waals surface area contributed by atoms with Gasteiger partial charge in [0.05, 0.1) is 23.0 Å². The summed E-state index contributed by atoms with van der Waals surface area (Å²) >= 11 is 0. The second-order valence-corrected chi connectivity index (χ2v) is 8.96. The molecule has 1 saturated heterocycles. The molecule has 3 heterocycles. The molecule has 1 aliphatic rings. The van der Waals surface area contributed by atoms with E-state index in [2.05, 4.69) is 10.1 Å². The van der Waals surface area contributed by atoms with Crippen LogP contribution in [0.5, 0.6) is 0 Å². The number of rotatable bonds is 4. The van der Waals surface area contributed by atoms with Crippen LogP contribution < -0.4 is 0 Å². The maximum absolute atomic E-state index is 12.8. The third-order valence-corrected chi connectivity index (χ3v) is 6.64. The molecule has 2 aromatic rings. The lowest BCUT2D eigenvalue weighted by atomic mass is 10.0. The summed E-state index contributed by atoms with van der Waals surface area (Å²) in [7, 11) is -0.404. The molecule has 1 aliphatic heterocycles. The lowest BCUT2D eigenvalue weighted by Gasteiger charge is -2.36. The number of aromatic nitrogens is 3. The van der Waals surface area contributed by atoms with Crippen molar-refractivity contribution in [1.29, 1.82) is 0 Å². The highest BCUT2D eigenvalue weighted by molar-refractivity contribution is 7.86. The molecule has 8 nitrogen and oxygen atoms in total. The molecule has 0 spiro atoms. The van der Waals surface area contributed by atoms with Crippen LogP contribution in [0.2, 0.25) is 0 Å². The van der Waals surface area contributed by atoms with Crippen LogP contribution in [0.3, 0.4) is 0 Å². The van der Waals surface area contributed by atoms with E-state index in [0.717, 1.165) is 41.9 Å². The summed E-state index contributed by atoms with van der Waals surface area (Å²) in [5, 5.41) is 3.97. The van der Waals surface area contributed by atoms with E-state index in [1.54, 1.807) is 18.4 Å². The van der Waals surface area contributed by atoms with Crippen molar-refractivity contribution in [3.05, 3.63) is 28.9 Å². The first-order valence-electron chi connectivity index (χ1n) is 8.70. The fourth-order valence-electron chi connectivity index (χ4n) is 3.36. The Kier molecular flexibility index (Phi) is 5.14. The largest absolute Gasteiger partial charge is 0.361 e. The number of hydrogen-bond donors (Lipinski definition) is 0. The highest BCUT2D eigenvalue weighted by Gasteiger charge is 2.36. The average Bonchev–Trinajstić information content (AvgIpc) is 2.92. The van der Waals surface area contributed by atoms with E-state index in [1.807, 2.05) is 26.8 Å². The van der Waals surface area contributed by atoms with Crippen LogP contribution in [0.4, 0.5) is 0 Å². The molecule has 1 atom stereocenters. The topological polar surface area (TPSA) is 92.4 Å². The molecule has 2 aromatic heterocycles. The summed E-state index contributed by atoms with van der Waals surface area (Å²) < 4.78 is 33.6. The molecule has 142 valence electrons. The Labute approximate surface area is 154 Å². The molecule has 0 amide bonds. The maximum Gasteiger partial charge on any atom is 0.282 e. The fourth-order valence-corrected chi connectivity index (χ4v) is 4.68. The van der Waals surface area contributed by atoms with E-state index >= 15 is 0 Å². The molecule has 0 radical (unpaired) electrons. The van der Waals surface area contributed by atoms with Gasteiger partial charge in [-0.25, -0.2) is 9.97 Å². The predicted octanol–water partition coefficient (Wildman–Crippen LogP) is 2.39. The van der Waals surface area contributed by atoms with Crippen molar-refractivity contribution in [3.63, 3.8) is 0 Å². The van der Waals surface area contributed by atoms with Gasteiger partial charge >= 0.3 is 0 Å². The third-order valence-electron chi connectivity index (χ3n) is 4.68. The molecule has 1 unspecified atom stereocenters. The molecule has 9 heteroatoms. The maximum atomic E-state index is 12.8. The Morgan fingerprint density at radius 1 is 1.19 bits per heavy atom. The van der Waals surface area contributed by atoms with Crippen molar-refractivity contribution in [2.75, 3.05) is 20.6 Å². The van der Waals surface area contributed by atoms with Gasteiger partial charge in [0.2, 0.25) is 0 Å². The van der Waals surface area contributed by atoms with Gasteiger partial charge in [-0.1, -0.05) is 11.6 Å². The van der Waals surface area contributed by atoms with Crippen LogP contribution in [0.25, 0.3) is 11.4 Å². The van der Waals surface area contributed by atoms with Crippen molar-refractivity contribution in [1.82, 2.24) is 23.7 Å². The summed E-state index contributed by atoms with van der Waals surface area (Å²) in [6.07, 6.45) is 2.56. The second-order valence-electron chi connectivity index (χ2n) is 6.87. The Bertz CT molecular complexity index is 888. The van der Waals surface area contributed by atoms with E-state index in [1.165, 1.54) is 4.31 Å². The van der Waals surface area contributed by atoms with Crippen molar-refractivity contribution in [2.24, 2.45) is 0 Å². The molecule has 3 rings (SSSR count). The first-order valence-corrected chi connectivity index (χ1v) is 10.1. The molecule has 0 N–H and O–H groups in total. The van der Waals surface area contributed by atoms with Crippen LogP contribution in [-0.2, 0) is 10.2 Å². The summed E-state index contributed by atoms with van der Waals surface area (Å²) in [5.41, 5.74) is 3.00. The number of piperidine rings is 1. The van der Waals surface area contributed by atoms with Gasteiger partial charge in [0.15, 0.2) is 5.82 Å². The summed E-state index contributed by atoms with van der Waals surface area (Å²) in [5.74, 6) is 1.18. The van der Waals surface area contributed by atoms with E-state index in [9.17, 15) is 8.42 Å². The van der Waals surface area contributed by atoms with Crippen molar-refractivity contribution < 1.29 is 12.9 Å². The monoisotopic (exact) mass is 379 g/mol. The second kappa shape index (κ2) is 7.05. The fraction of sp³-hybridized carbons (Fsp3) is 0.588. The predicted molar refractivity (Wildman–Crippen MR) is 97.6 cm³/mol. The van der Waals surface area contributed by atoms with E-state index < -0.39 is 10.2 Å². The van der Waals surface area contributed by atoms with Gasteiger partial charge in [0.1, 0.15) is 5.76 Å². The molecular formula is C17H25N5O3S. The molecule has 0 aromatic carbocycles. The molecular weight excluding hydrogens is 354 g/mol. The summed E-state index contributed by atoms with van der Waals surface area (Å²) in [6.45, 7) is 6.06. The van der Waals surface area contributed by atoms with E-state index in [4.69, 9.17) is 9.51 Å². The average molecular weight is 379 g/mol. The van der Waals surface area contributed by atoms with Gasteiger partial charge in [-0.05, 0) is 39.7 Å².